The number of carbonyl (C=O) groups is 2. The summed E-state index contributed by atoms with van der Waals surface area (Å²) in [6.45, 7) is 6.28. The number of amides is 1. The van der Waals surface area contributed by atoms with Gasteiger partial charge in [0, 0.05) is 19.5 Å². The molecule has 0 aliphatic carbocycles. The first-order valence-corrected chi connectivity index (χ1v) is 6.88. The second kappa shape index (κ2) is 5.99. The van der Waals surface area contributed by atoms with Gasteiger partial charge in [-0.25, -0.2) is 4.98 Å². The third-order valence-electron chi connectivity index (χ3n) is 3.57. The molecule has 5 heteroatoms. The Morgan fingerprint density at radius 3 is 2.95 bits per heavy atom. The predicted molar refractivity (Wildman–Crippen MR) is 71.7 cm³/mol. The SMILES string of the molecule is CC(C)CCCC(=O)N1CCn2cnc(C=O)c2C1. The number of fused-ring (bicyclic) bond motifs is 1. The van der Waals surface area contributed by atoms with Crippen LogP contribution < -0.4 is 0 Å². The van der Waals surface area contributed by atoms with E-state index in [1.54, 1.807) is 6.33 Å². The molecule has 0 fully saturated rings. The first-order chi connectivity index (χ1) is 9.11. The van der Waals surface area contributed by atoms with Crippen LogP contribution in [-0.4, -0.2) is 33.2 Å². The molecule has 0 bridgehead atoms. The maximum absolute atomic E-state index is 12.1. The molecule has 0 N–H and O–H groups in total. The Morgan fingerprint density at radius 2 is 2.26 bits per heavy atom. The van der Waals surface area contributed by atoms with Crippen LogP contribution in [0.15, 0.2) is 6.33 Å². The van der Waals surface area contributed by atoms with Crippen LogP contribution in [0.3, 0.4) is 0 Å². The highest BCUT2D eigenvalue weighted by Gasteiger charge is 2.23. The van der Waals surface area contributed by atoms with Crippen molar-refractivity contribution < 1.29 is 9.59 Å². The molecule has 1 aromatic rings. The molecule has 1 aliphatic heterocycles. The van der Waals surface area contributed by atoms with Crippen LogP contribution in [0.4, 0.5) is 0 Å². The van der Waals surface area contributed by atoms with E-state index in [1.807, 2.05) is 9.47 Å². The molecule has 1 aromatic heterocycles. The molecule has 2 rings (SSSR count). The maximum Gasteiger partial charge on any atom is 0.222 e. The Kier molecular flexibility index (Phi) is 4.35. The van der Waals surface area contributed by atoms with Gasteiger partial charge in [-0.3, -0.25) is 9.59 Å². The number of rotatable bonds is 5. The van der Waals surface area contributed by atoms with E-state index in [0.717, 1.165) is 31.4 Å². The lowest BCUT2D eigenvalue weighted by Gasteiger charge is -2.28. The van der Waals surface area contributed by atoms with Crippen molar-refractivity contribution >= 4 is 12.2 Å². The number of aldehydes is 1. The molecular formula is C14H21N3O2. The summed E-state index contributed by atoms with van der Waals surface area (Å²) < 4.78 is 1.96. The van der Waals surface area contributed by atoms with Crippen molar-refractivity contribution in [3.8, 4) is 0 Å². The van der Waals surface area contributed by atoms with E-state index in [9.17, 15) is 9.59 Å². The van der Waals surface area contributed by atoms with Crippen molar-refractivity contribution in [2.75, 3.05) is 6.54 Å². The fourth-order valence-corrected chi connectivity index (χ4v) is 2.41. The van der Waals surface area contributed by atoms with Gasteiger partial charge in [0.05, 0.1) is 18.6 Å². The molecule has 0 atom stereocenters. The zero-order chi connectivity index (χ0) is 13.8. The second-order valence-corrected chi connectivity index (χ2v) is 5.49. The molecule has 104 valence electrons. The summed E-state index contributed by atoms with van der Waals surface area (Å²) >= 11 is 0. The van der Waals surface area contributed by atoms with Crippen molar-refractivity contribution in [2.24, 2.45) is 5.92 Å². The fraction of sp³-hybridized carbons (Fsp3) is 0.643. The Balaban J connectivity index is 1.93. The average molecular weight is 263 g/mol. The molecule has 1 aliphatic rings. The van der Waals surface area contributed by atoms with E-state index in [0.29, 0.717) is 31.1 Å². The summed E-state index contributed by atoms with van der Waals surface area (Å²) in [4.78, 5) is 28.9. The lowest BCUT2D eigenvalue weighted by atomic mass is 10.1. The second-order valence-electron chi connectivity index (χ2n) is 5.49. The molecule has 0 unspecified atom stereocenters. The Bertz CT molecular complexity index is 465. The Labute approximate surface area is 113 Å². The summed E-state index contributed by atoms with van der Waals surface area (Å²) in [7, 11) is 0. The minimum absolute atomic E-state index is 0.185. The van der Waals surface area contributed by atoms with Gasteiger partial charge in [-0.05, 0) is 12.3 Å². The van der Waals surface area contributed by atoms with Crippen LogP contribution in [0, 0.1) is 5.92 Å². The van der Waals surface area contributed by atoms with Crippen LogP contribution in [0.5, 0.6) is 0 Å². The van der Waals surface area contributed by atoms with Crippen LogP contribution in [0.2, 0.25) is 0 Å². The Morgan fingerprint density at radius 1 is 1.47 bits per heavy atom. The van der Waals surface area contributed by atoms with Gasteiger partial charge in [-0.2, -0.15) is 0 Å². The van der Waals surface area contributed by atoms with Crippen LogP contribution in [0.25, 0.3) is 0 Å². The third kappa shape index (κ3) is 3.22. The van der Waals surface area contributed by atoms with E-state index < -0.39 is 0 Å². The molecule has 0 saturated heterocycles. The largest absolute Gasteiger partial charge is 0.335 e. The number of hydrogen-bond acceptors (Lipinski definition) is 3. The number of imidazole rings is 1. The van der Waals surface area contributed by atoms with Gasteiger partial charge >= 0.3 is 0 Å². The summed E-state index contributed by atoms with van der Waals surface area (Å²) in [6, 6.07) is 0. The minimum atomic E-state index is 0.185. The zero-order valence-corrected chi connectivity index (χ0v) is 11.6. The van der Waals surface area contributed by atoms with Crippen LogP contribution in [-0.2, 0) is 17.9 Å². The summed E-state index contributed by atoms with van der Waals surface area (Å²) in [5, 5.41) is 0. The molecule has 19 heavy (non-hydrogen) atoms. The maximum atomic E-state index is 12.1. The highest BCUT2D eigenvalue weighted by Crippen LogP contribution is 2.17. The normalized spacial score (nSPS) is 14.6. The first kappa shape index (κ1) is 13.8. The van der Waals surface area contributed by atoms with Crippen molar-refractivity contribution in [1.29, 1.82) is 0 Å². The van der Waals surface area contributed by atoms with Crippen molar-refractivity contribution in [3.05, 3.63) is 17.7 Å². The minimum Gasteiger partial charge on any atom is -0.335 e. The lowest BCUT2D eigenvalue weighted by molar-refractivity contribution is -0.132. The quantitative estimate of drug-likeness (QED) is 0.762. The number of aromatic nitrogens is 2. The van der Waals surface area contributed by atoms with E-state index >= 15 is 0 Å². The first-order valence-electron chi connectivity index (χ1n) is 6.88. The van der Waals surface area contributed by atoms with Crippen molar-refractivity contribution in [3.63, 3.8) is 0 Å². The summed E-state index contributed by atoms with van der Waals surface area (Å²) in [6.07, 6.45) is 5.06. The highest BCUT2D eigenvalue weighted by molar-refractivity contribution is 5.77. The molecular weight excluding hydrogens is 242 g/mol. The zero-order valence-electron chi connectivity index (χ0n) is 11.6. The van der Waals surface area contributed by atoms with Gasteiger partial charge in [0.15, 0.2) is 6.29 Å². The van der Waals surface area contributed by atoms with E-state index in [2.05, 4.69) is 18.8 Å². The van der Waals surface area contributed by atoms with Gasteiger partial charge in [0.2, 0.25) is 5.91 Å². The topological polar surface area (TPSA) is 55.2 Å². The summed E-state index contributed by atoms with van der Waals surface area (Å²) in [5.41, 5.74) is 1.32. The van der Waals surface area contributed by atoms with Crippen molar-refractivity contribution in [2.45, 2.75) is 46.2 Å². The average Bonchev–Trinajstić information content (AvgIpc) is 2.80. The van der Waals surface area contributed by atoms with Gasteiger partial charge in [-0.1, -0.05) is 20.3 Å². The molecule has 0 aromatic carbocycles. The molecule has 0 radical (unpaired) electrons. The number of carbonyl (C=O) groups excluding carboxylic acids is 2. The Hall–Kier alpha value is -1.65. The van der Waals surface area contributed by atoms with Gasteiger partial charge in [0.25, 0.3) is 0 Å². The summed E-state index contributed by atoms with van der Waals surface area (Å²) in [5.74, 6) is 0.821. The highest BCUT2D eigenvalue weighted by atomic mass is 16.2. The predicted octanol–water partition coefficient (Wildman–Crippen LogP) is 1.86. The number of hydrogen-bond donors (Lipinski definition) is 0. The standard InChI is InChI=1S/C14H21N3O2/c1-11(2)4-3-5-14(19)16-6-7-17-10-15-12(9-18)13(17)8-16/h9-11H,3-8H2,1-2H3. The van der Waals surface area contributed by atoms with E-state index in [-0.39, 0.29) is 5.91 Å². The molecule has 1 amide bonds. The monoisotopic (exact) mass is 263 g/mol. The van der Waals surface area contributed by atoms with E-state index in [1.165, 1.54) is 0 Å². The molecule has 0 saturated carbocycles. The third-order valence-corrected chi connectivity index (χ3v) is 3.57. The van der Waals surface area contributed by atoms with Crippen LogP contribution >= 0.6 is 0 Å². The lowest BCUT2D eigenvalue weighted by Crippen LogP contribution is -2.38. The van der Waals surface area contributed by atoms with Gasteiger partial charge in [0.1, 0.15) is 5.69 Å². The van der Waals surface area contributed by atoms with Gasteiger partial charge < -0.3 is 9.47 Å². The molecule has 5 nitrogen and oxygen atoms in total. The van der Waals surface area contributed by atoms with Crippen LogP contribution in [0.1, 0.15) is 49.3 Å². The number of nitrogens with zero attached hydrogens (tertiary/aromatic N) is 3. The molecule has 2 heterocycles. The van der Waals surface area contributed by atoms with Crippen molar-refractivity contribution in [1.82, 2.24) is 14.5 Å². The molecule has 0 spiro atoms. The van der Waals surface area contributed by atoms with E-state index in [4.69, 9.17) is 0 Å². The fourth-order valence-electron chi connectivity index (χ4n) is 2.41. The van der Waals surface area contributed by atoms with Gasteiger partial charge in [-0.15, -0.1) is 0 Å². The smallest absolute Gasteiger partial charge is 0.222 e.